The molecule has 0 radical (unpaired) electrons. The highest BCUT2D eigenvalue weighted by Crippen LogP contribution is 2.15. The molecule has 0 spiro atoms. The second-order valence-corrected chi connectivity index (χ2v) is 3.90. The van der Waals surface area contributed by atoms with Gasteiger partial charge in [0.05, 0.1) is 6.54 Å². The minimum atomic E-state index is -0.297. The Labute approximate surface area is 103 Å². The summed E-state index contributed by atoms with van der Waals surface area (Å²) in [7, 11) is 0. The molecular formula is C12H10ClNO3. The van der Waals surface area contributed by atoms with Crippen LogP contribution in [0.2, 0.25) is 5.02 Å². The first-order chi connectivity index (χ1) is 8.16. The van der Waals surface area contributed by atoms with Crippen LogP contribution >= 0.6 is 11.6 Å². The molecule has 0 aliphatic carbocycles. The summed E-state index contributed by atoms with van der Waals surface area (Å²) in [6.45, 7) is 0.508. The topological polar surface area (TPSA) is 46.6 Å². The van der Waals surface area contributed by atoms with E-state index >= 15 is 0 Å². The summed E-state index contributed by atoms with van der Waals surface area (Å²) in [5.41, 5.74) is 0. The van der Waals surface area contributed by atoms with E-state index in [9.17, 15) is 9.59 Å². The smallest absolute Gasteiger partial charge is 0.253 e. The van der Waals surface area contributed by atoms with Crippen molar-refractivity contribution in [2.75, 3.05) is 13.2 Å². The number of benzene rings is 1. The summed E-state index contributed by atoms with van der Waals surface area (Å²) in [4.78, 5) is 23.6. The highest BCUT2D eigenvalue weighted by molar-refractivity contribution is 6.30. The van der Waals surface area contributed by atoms with Crippen molar-refractivity contribution in [1.29, 1.82) is 0 Å². The summed E-state index contributed by atoms with van der Waals surface area (Å²) >= 11 is 5.73. The van der Waals surface area contributed by atoms with Gasteiger partial charge in [0.15, 0.2) is 0 Å². The number of hydrogen-bond acceptors (Lipinski definition) is 3. The SMILES string of the molecule is O=C1C=CC(=O)N1CCOc1ccc(Cl)cc1. The fourth-order valence-corrected chi connectivity index (χ4v) is 1.56. The lowest BCUT2D eigenvalue weighted by molar-refractivity contribution is -0.137. The number of halogens is 1. The minimum absolute atomic E-state index is 0.243. The van der Waals surface area contributed by atoms with Crippen molar-refractivity contribution in [1.82, 2.24) is 4.90 Å². The van der Waals surface area contributed by atoms with E-state index in [2.05, 4.69) is 0 Å². The van der Waals surface area contributed by atoms with E-state index in [1.165, 1.54) is 12.2 Å². The molecule has 0 fully saturated rings. The standard InChI is InChI=1S/C12H10ClNO3/c13-9-1-3-10(4-2-9)17-8-7-14-11(15)5-6-12(14)16/h1-6H,7-8H2. The fourth-order valence-electron chi connectivity index (χ4n) is 1.44. The summed E-state index contributed by atoms with van der Waals surface area (Å²) < 4.78 is 5.39. The molecule has 1 aliphatic rings. The van der Waals surface area contributed by atoms with E-state index in [4.69, 9.17) is 16.3 Å². The quantitative estimate of drug-likeness (QED) is 0.765. The molecule has 88 valence electrons. The van der Waals surface area contributed by atoms with Gasteiger partial charge < -0.3 is 4.74 Å². The Morgan fingerprint density at radius 1 is 1.06 bits per heavy atom. The minimum Gasteiger partial charge on any atom is -0.492 e. The van der Waals surface area contributed by atoms with Gasteiger partial charge in [0, 0.05) is 17.2 Å². The van der Waals surface area contributed by atoms with Crippen molar-refractivity contribution in [3.63, 3.8) is 0 Å². The molecule has 5 heteroatoms. The average Bonchev–Trinajstić information content (AvgIpc) is 2.63. The van der Waals surface area contributed by atoms with Gasteiger partial charge in [0.1, 0.15) is 12.4 Å². The van der Waals surface area contributed by atoms with Crippen LogP contribution in [0, 0.1) is 0 Å². The second kappa shape index (κ2) is 5.01. The number of amides is 2. The molecule has 1 heterocycles. The maximum atomic E-state index is 11.2. The number of hydrogen-bond donors (Lipinski definition) is 0. The van der Waals surface area contributed by atoms with Crippen LogP contribution in [-0.4, -0.2) is 29.9 Å². The van der Waals surface area contributed by atoms with Crippen LogP contribution in [0.25, 0.3) is 0 Å². The van der Waals surface area contributed by atoms with Crippen molar-refractivity contribution >= 4 is 23.4 Å². The summed E-state index contributed by atoms with van der Waals surface area (Å²) in [5.74, 6) is 0.0610. The van der Waals surface area contributed by atoms with Gasteiger partial charge in [-0.25, -0.2) is 0 Å². The Morgan fingerprint density at radius 2 is 1.65 bits per heavy atom. The first-order valence-corrected chi connectivity index (χ1v) is 5.46. The lowest BCUT2D eigenvalue weighted by Crippen LogP contribution is -2.33. The van der Waals surface area contributed by atoms with Crippen molar-refractivity contribution in [3.8, 4) is 5.75 Å². The van der Waals surface area contributed by atoms with Crippen LogP contribution in [0.5, 0.6) is 5.75 Å². The van der Waals surface area contributed by atoms with Crippen molar-refractivity contribution in [3.05, 3.63) is 41.4 Å². The number of rotatable bonds is 4. The second-order valence-electron chi connectivity index (χ2n) is 3.46. The summed E-state index contributed by atoms with van der Waals surface area (Å²) in [5, 5.41) is 0.631. The molecule has 1 aromatic rings. The van der Waals surface area contributed by atoms with Gasteiger partial charge in [-0.15, -0.1) is 0 Å². The van der Waals surface area contributed by atoms with Crippen LogP contribution in [0.15, 0.2) is 36.4 Å². The van der Waals surface area contributed by atoms with Crippen LogP contribution in [0.3, 0.4) is 0 Å². The van der Waals surface area contributed by atoms with Crippen molar-refractivity contribution in [2.45, 2.75) is 0 Å². The third-order valence-corrected chi connectivity index (χ3v) is 2.55. The first-order valence-electron chi connectivity index (χ1n) is 5.09. The van der Waals surface area contributed by atoms with Crippen LogP contribution in [-0.2, 0) is 9.59 Å². The summed E-state index contributed by atoms with van der Waals surface area (Å²) in [6, 6.07) is 6.89. The van der Waals surface area contributed by atoms with Crippen molar-refractivity contribution < 1.29 is 14.3 Å². The number of nitrogens with zero attached hydrogens (tertiary/aromatic N) is 1. The number of carbonyl (C=O) groups is 2. The number of carbonyl (C=O) groups excluding carboxylic acids is 2. The normalized spacial score (nSPS) is 14.5. The Balaban J connectivity index is 1.82. The van der Waals surface area contributed by atoms with Gasteiger partial charge in [0.2, 0.25) is 0 Å². The van der Waals surface area contributed by atoms with Crippen molar-refractivity contribution in [2.24, 2.45) is 0 Å². The molecule has 0 unspecified atom stereocenters. The molecule has 1 aromatic carbocycles. The van der Waals surface area contributed by atoms with Gasteiger partial charge in [0.25, 0.3) is 11.8 Å². The summed E-state index contributed by atoms with van der Waals surface area (Å²) in [6.07, 6.45) is 2.51. The van der Waals surface area contributed by atoms with E-state index in [1.807, 2.05) is 0 Å². The third kappa shape index (κ3) is 2.85. The fraction of sp³-hybridized carbons (Fsp3) is 0.167. The van der Waals surface area contributed by atoms with E-state index in [0.717, 1.165) is 4.90 Å². The first kappa shape index (κ1) is 11.7. The molecule has 4 nitrogen and oxygen atoms in total. The Kier molecular flexibility index (Phi) is 3.44. The van der Waals surface area contributed by atoms with Gasteiger partial charge in [-0.1, -0.05) is 11.6 Å². The van der Waals surface area contributed by atoms with E-state index in [0.29, 0.717) is 10.8 Å². The molecule has 0 bridgehead atoms. The predicted molar refractivity (Wildman–Crippen MR) is 62.8 cm³/mol. The lowest BCUT2D eigenvalue weighted by atomic mass is 10.3. The van der Waals surface area contributed by atoms with Gasteiger partial charge in [-0.05, 0) is 24.3 Å². The molecule has 2 amide bonds. The molecule has 17 heavy (non-hydrogen) atoms. The van der Waals surface area contributed by atoms with E-state index < -0.39 is 0 Å². The van der Waals surface area contributed by atoms with Crippen LogP contribution in [0.4, 0.5) is 0 Å². The number of ether oxygens (including phenoxy) is 1. The molecular weight excluding hydrogens is 242 g/mol. The van der Waals surface area contributed by atoms with Gasteiger partial charge >= 0.3 is 0 Å². The molecule has 1 aliphatic heterocycles. The zero-order valence-corrected chi connectivity index (χ0v) is 9.68. The largest absolute Gasteiger partial charge is 0.492 e. The molecule has 0 saturated heterocycles. The van der Waals surface area contributed by atoms with Gasteiger partial charge in [-0.3, -0.25) is 14.5 Å². The zero-order chi connectivity index (χ0) is 12.3. The highest BCUT2D eigenvalue weighted by Gasteiger charge is 2.22. The molecule has 0 N–H and O–H groups in total. The molecule has 0 saturated carbocycles. The highest BCUT2D eigenvalue weighted by atomic mass is 35.5. The third-order valence-electron chi connectivity index (χ3n) is 2.30. The maximum Gasteiger partial charge on any atom is 0.253 e. The van der Waals surface area contributed by atoms with Crippen LogP contribution < -0.4 is 4.74 Å². The number of imide groups is 1. The molecule has 2 rings (SSSR count). The Hall–Kier alpha value is -1.81. The predicted octanol–water partition coefficient (Wildman–Crippen LogP) is 1.64. The van der Waals surface area contributed by atoms with E-state index in [-0.39, 0.29) is 25.0 Å². The van der Waals surface area contributed by atoms with Crippen LogP contribution in [0.1, 0.15) is 0 Å². The van der Waals surface area contributed by atoms with E-state index in [1.54, 1.807) is 24.3 Å². The lowest BCUT2D eigenvalue weighted by Gasteiger charge is -2.14. The Bertz CT molecular complexity index is 449. The molecule has 0 aromatic heterocycles. The monoisotopic (exact) mass is 251 g/mol. The maximum absolute atomic E-state index is 11.2. The zero-order valence-electron chi connectivity index (χ0n) is 8.93. The molecule has 0 atom stereocenters. The van der Waals surface area contributed by atoms with Gasteiger partial charge in [-0.2, -0.15) is 0 Å². The average molecular weight is 252 g/mol. The Morgan fingerprint density at radius 3 is 2.24 bits per heavy atom.